The Morgan fingerprint density at radius 1 is 1.30 bits per heavy atom. The van der Waals surface area contributed by atoms with Crippen LogP contribution in [0.15, 0.2) is 36.4 Å². The van der Waals surface area contributed by atoms with Crippen molar-refractivity contribution in [2.24, 2.45) is 0 Å². The zero-order valence-corrected chi connectivity index (χ0v) is 15.3. The van der Waals surface area contributed by atoms with E-state index in [1.54, 1.807) is 17.9 Å². The fourth-order valence-corrected chi connectivity index (χ4v) is 2.97. The van der Waals surface area contributed by atoms with Gasteiger partial charge in [-0.3, -0.25) is 14.3 Å². The molecule has 0 saturated heterocycles. The van der Waals surface area contributed by atoms with Crippen LogP contribution in [0.4, 0.5) is 0 Å². The first-order chi connectivity index (χ1) is 13.2. The Morgan fingerprint density at radius 2 is 2.11 bits per heavy atom. The van der Waals surface area contributed by atoms with Gasteiger partial charge in [0.15, 0.2) is 0 Å². The standard InChI is InChI=1S/C19H24N4O4/c1-26-8-7-20-19(25)17-10-16-9-15(11-23(16)22-17)21-18(24)13-27-12-14-5-3-2-4-6-14/h2-6,10,15H,7-9,11-13H2,1H3,(H,20,25)(H,21,24)/t15-/m0/s1. The van der Waals surface area contributed by atoms with E-state index in [1.165, 1.54) is 0 Å². The fourth-order valence-electron chi connectivity index (χ4n) is 2.97. The lowest BCUT2D eigenvalue weighted by molar-refractivity contribution is -0.126. The molecule has 1 aliphatic rings. The van der Waals surface area contributed by atoms with E-state index in [0.717, 1.165) is 11.3 Å². The Morgan fingerprint density at radius 3 is 2.85 bits per heavy atom. The molecule has 2 N–H and O–H groups in total. The molecule has 0 saturated carbocycles. The second kappa shape index (κ2) is 9.29. The van der Waals surface area contributed by atoms with E-state index in [0.29, 0.717) is 38.4 Å². The maximum atomic E-state index is 12.0. The van der Waals surface area contributed by atoms with Crippen molar-refractivity contribution in [3.63, 3.8) is 0 Å². The summed E-state index contributed by atoms with van der Waals surface area (Å²) in [4.78, 5) is 24.0. The number of benzene rings is 1. The predicted octanol–water partition coefficient (Wildman–Crippen LogP) is 0.517. The first kappa shape index (κ1) is 19.1. The molecule has 0 fully saturated rings. The first-order valence-electron chi connectivity index (χ1n) is 8.90. The van der Waals surface area contributed by atoms with E-state index in [4.69, 9.17) is 9.47 Å². The molecule has 1 atom stereocenters. The summed E-state index contributed by atoms with van der Waals surface area (Å²) < 4.78 is 12.1. The third kappa shape index (κ3) is 5.38. The van der Waals surface area contributed by atoms with Crippen molar-refractivity contribution >= 4 is 11.8 Å². The Labute approximate surface area is 157 Å². The molecule has 1 aliphatic heterocycles. The molecule has 3 rings (SSSR count). The average molecular weight is 372 g/mol. The third-order valence-corrected chi connectivity index (χ3v) is 4.25. The van der Waals surface area contributed by atoms with E-state index >= 15 is 0 Å². The number of hydrogen-bond donors (Lipinski definition) is 2. The topological polar surface area (TPSA) is 94.5 Å². The summed E-state index contributed by atoms with van der Waals surface area (Å²) in [5.41, 5.74) is 2.35. The molecule has 0 bridgehead atoms. The molecule has 0 unspecified atom stereocenters. The minimum Gasteiger partial charge on any atom is -0.383 e. The van der Waals surface area contributed by atoms with Gasteiger partial charge in [0.2, 0.25) is 5.91 Å². The van der Waals surface area contributed by atoms with Gasteiger partial charge in [0.05, 0.1) is 25.8 Å². The number of amides is 2. The molecule has 0 aliphatic carbocycles. The van der Waals surface area contributed by atoms with Crippen LogP contribution in [0, 0.1) is 0 Å². The van der Waals surface area contributed by atoms with Crippen molar-refractivity contribution in [1.29, 1.82) is 0 Å². The number of nitrogens with zero attached hydrogens (tertiary/aromatic N) is 2. The van der Waals surface area contributed by atoms with E-state index in [-0.39, 0.29) is 24.5 Å². The normalized spacial score (nSPS) is 15.4. The molecule has 8 nitrogen and oxygen atoms in total. The highest BCUT2D eigenvalue weighted by Gasteiger charge is 2.26. The maximum absolute atomic E-state index is 12.0. The van der Waals surface area contributed by atoms with E-state index in [1.807, 2.05) is 30.3 Å². The van der Waals surface area contributed by atoms with Gasteiger partial charge in [-0.1, -0.05) is 30.3 Å². The Kier molecular flexibility index (Phi) is 6.56. The van der Waals surface area contributed by atoms with Gasteiger partial charge in [-0.25, -0.2) is 0 Å². The van der Waals surface area contributed by atoms with Gasteiger partial charge in [0.25, 0.3) is 5.91 Å². The average Bonchev–Trinajstić information content (AvgIpc) is 3.21. The van der Waals surface area contributed by atoms with Crippen molar-refractivity contribution in [3.05, 3.63) is 53.3 Å². The fraction of sp³-hybridized carbons (Fsp3) is 0.421. The van der Waals surface area contributed by atoms with Gasteiger partial charge >= 0.3 is 0 Å². The largest absolute Gasteiger partial charge is 0.383 e. The van der Waals surface area contributed by atoms with Crippen LogP contribution in [-0.4, -0.2) is 54.5 Å². The summed E-state index contributed by atoms with van der Waals surface area (Å²) in [5, 5.41) is 10.00. The Bertz CT molecular complexity index is 752. The van der Waals surface area contributed by atoms with E-state index in [2.05, 4.69) is 15.7 Å². The molecular weight excluding hydrogens is 348 g/mol. The molecule has 144 valence electrons. The van der Waals surface area contributed by atoms with Crippen LogP contribution in [0.25, 0.3) is 0 Å². The number of hydrogen-bond acceptors (Lipinski definition) is 5. The molecule has 2 heterocycles. The van der Waals surface area contributed by atoms with Gasteiger partial charge in [-0.2, -0.15) is 5.10 Å². The number of aromatic nitrogens is 2. The second-order valence-corrected chi connectivity index (χ2v) is 6.40. The van der Waals surface area contributed by atoms with Crippen molar-refractivity contribution in [2.45, 2.75) is 25.6 Å². The van der Waals surface area contributed by atoms with Gasteiger partial charge in [-0.15, -0.1) is 0 Å². The van der Waals surface area contributed by atoms with Gasteiger partial charge in [-0.05, 0) is 11.6 Å². The molecule has 1 aromatic carbocycles. The van der Waals surface area contributed by atoms with Crippen molar-refractivity contribution in [1.82, 2.24) is 20.4 Å². The zero-order chi connectivity index (χ0) is 19.1. The third-order valence-electron chi connectivity index (χ3n) is 4.25. The Hall–Kier alpha value is -2.71. The molecule has 1 aromatic heterocycles. The highest BCUT2D eigenvalue weighted by atomic mass is 16.5. The minimum absolute atomic E-state index is 0.0147. The first-order valence-corrected chi connectivity index (χ1v) is 8.90. The quantitative estimate of drug-likeness (QED) is 0.626. The number of carbonyl (C=O) groups excluding carboxylic acids is 2. The lowest BCUT2D eigenvalue weighted by atomic mass is 10.2. The van der Waals surface area contributed by atoms with Crippen molar-refractivity contribution in [2.75, 3.05) is 26.9 Å². The molecule has 2 amide bonds. The smallest absolute Gasteiger partial charge is 0.271 e. The van der Waals surface area contributed by atoms with Crippen LogP contribution >= 0.6 is 0 Å². The number of ether oxygens (including phenoxy) is 2. The summed E-state index contributed by atoms with van der Waals surface area (Å²) in [7, 11) is 1.58. The summed E-state index contributed by atoms with van der Waals surface area (Å²) >= 11 is 0. The zero-order valence-electron chi connectivity index (χ0n) is 15.3. The number of nitrogens with one attached hydrogen (secondary N) is 2. The number of carbonyl (C=O) groups is 2. The highest BCUT2D eigenvalue weighted by molar-refractivity contribution is 5.92. The second-order valence-electron chi connectivity index (χ2n) is 6.40. The summed E-state index contributed by atoms with van der Waals surface area (Å²) in [6.45, 7) is 1.87. The summed E-state index contributed by atoms with van der Waals surface area (Å²) in [6.07, 6.45) is 0.642. The number of rotatable bonds is 9. The number of fused-ring (bicyclic) bond motifs is 1. The molecule has 2 aromatic rings. The van der Waals surface area contributed by atoms with Crippen LogP contribution in [0.5, 0.6) is 0 Å². The molecule has 0 spiro atoms. The molecule has 8 heteroatoms. The van der Waals surface area contributed by atoms with E-state index in [9.17, 15) is 9.59 Å². The molecular formula is C19H24N4O4. The SMILES string of the molecule is COCCNC(=O)c1cc2n(n1)C[C@@H](NC(=O)COCc1ccccc1)C2. The summed E-state index contributed by atoms with van der Waals surface area (Å²) in [6, 6.07) is 11.4. The predicted molar refractivity (Wildman–Crippen MR) is 98.2 cm³/mol. The van der Waals surface area contributed by atoms with Crippen LogP contribution in [0.1, 0.15) is 21.7 Å². The molecule has 0 radical (unpaired) electrons. The van der Waals surface area contributed by atoms with Crippen molar-refractivity contribution < 1.29 is 19.1 Å². The van der Waals surface area contributed by atoms with Crippen LogP contribution < -0.4 is 10.6 Å². The number of methoxy groups -OCH3 is 1. The summed E-state index contributed by atoms with van der Waals surface area (Å²) in [5.74, 6) is -0.372. The van der Waals surface area contributed by atoms with E-state index < -0.39 is 0 Å². The minimum atomic E-state index is -0.219. The lowest BCUT2D eigenvalue weighted by Gasteiger charge is -2.12. The monoisotopic (exact) mass is 372 g/mol. The van der Waals surface area contributed by atoms with Crippen LogP contribution in [-0.2, 0) is 33.8 Å². The van der Waals surface area contributed by atoms with Crippen LogP contribution in [0.2, 0.25) is 0 Å². The van der Waals surface area contributed by atoms with Crippen molar-refractivity contribution in [3.8, 4) is 0 Å². The van der Waals surface area contributed by atoms with Crippen LogP contribution in [0.3, 0.4) is 0 Å². The molecule has 27 heavy (non-hydrogen) atoms. The van der Waals surface area contributed by atoms with Gasteiger partial charge in [0, 0.05) is 25.8 Å². The Balaban J connectivity index is 1.40. The maximum Gasteiger partial charge on any atom is 0.271 e. The lowest BCUT2D eigenvalue weighted by Crippen LogP contribution is -2.38. The van der Waals surface area contributed by atoms with Gasteiger partial charge < -0.3 is 20.1 Å². The van der Waals surface area contributed by atoms with Gasteiger partial charge in [0.1, 0.15) is 12.3 Å². The highest BCUT2D eigenvalue weighted by Crippen LogP contribution is 2.16.